The van der Waals surface area contributed by atoms with Crippen molar-refractivity contribution in [2.75, 3.05) is 25.1 Å². The fourth-order valence-corrected chi connectivity index (χ4v) is 5.23. The summed E-state index contributed by atoms with van der Waals surface area (Å²) in [5, 5.41) is 0. The minimum atomic E-state index is -3.50. The molecule has 0 aliphatic carbocycles. The van der Waals surface area contributed by atoms with Gasteiger partial charge in [-0.05, 0) is 49.9 Å². The summed E-state index contributed by atoms with van der Waals surface area (Å²) in [4.78, 5) is 13.8. The van der Waals surface area contributed by atoms with Crippen molar-refractivity contribution in [2.45, 2.75) is 50.2 Å². The Morgan fingerprint density at radius 3 is 2.50 bits per heavy atom. The Morgan fingerprint density at radius 1 is 1.25 bits per heavy atom. The lowest BCUT2D eigenvalue weighted by atomic mass is 10.1. The standard InChI is InChI=1S/C17H24N2O4S/c1-12-10-14-11-16(4-5-17(14)19(12)13(2)20)24(21,22)18-8-6-15(23-3)7-9-18/h4-5,11-12,15H,6-10H2,1-3H3. The lowest BCUT2D eigenvalue weighted by Crippen LogP contribution is -2.40. The van der Waals surface area contributed by atoms with E-state index in [9.17, 15) is 13.2 Å². The summed E-state index contributed by atoms with van der Waals surface area (Å²) in [7, 11) is -1.83. The normalized spacial score (nSPS) is 22.6. The van der Waals surface area contributed by atoms with Crippen LogP contribution in [0.2, 0.25) is 0 Å². The summed E-state index contributed by atoms with van der Waals surface area (Å²) in [6, 6.07) is 5.17. The molecule has 1 aromatic carbocycles. The van der Waals surface area contributed by atoms with E-state index in [-0.39, 0.29) is 18.1 Å². The van der Waals surface area contributed by atoms with Crippen LogP contribution >= 0.6 is 0 Å². The van der Waals surface area contributed by atoms with Gasteiger partial charge in [-0.2, -0.15) is 4.31 Å². The van der Waals surface area contributed by atoms with Crippen molar-refractivity contribution in [3.8, 4) is 0 Å². The third-order valence-electron chi connectivity index (χ3n) is 4.98. The number of fused-ring (bicyclic) bond motifs is 1. The zero-order valence-corrected chi connectivity index (χ0v) is 15.2. The number of carbonyl (C=O) groups is 1. The fourth-order valence-electron chi connectivity index (χ4n) is 3.71. The first-order valence-electron chi connectivity index (χ1n) is 8.30. The van der Waals surface area contributed by atoms with Crippen molar-refractivity contribution in [3.63, 3.8) is 0 Å². The van der Waals surface area contributed by atoms with Crippen molar-refractivity contribution >= 4 is 21.6 Å². The maximum Gasteiger partial charge on any atom is 0.243 e. The molecule has 1 amide bonds. The number of hydrogen-bond donors (Lipinski definition) is 0. The van der Waals surface area contributed by atoms with Gasteiger partial charge in [0, 0.05) is 38.9 Å². The average molecular weight is 352 g/mol. The van der Waals surface area contributed by atoms with Crippen LogP contribution in [0.5, 0.6) is 0 Å². The third-order valence-corrected chi connectivity index (χ3v) is 6.87. The molecule has 2 aliphatic rings. The van der Waals surface area contributed by atoms with E-state index in [0.29, 0.717) is 24.4 Å². The van der Waals surface area contributed by atoms with Gasteiger partial charge in [0.15, 0.2) is 0 Å². The number of amides is 1. The van der Waals surface area contributed by atoms with Crippen LogP contribution in [0.4, 0.5) is 5.69 Å². The molecule has 1 atom stereocenters. The van der Waals surface area contributed by atoms with Gasteiger partial charge in [0.2, 0.25) is 15.9 Å². The van der Waals surface area contributed by atoms with Gasteiger partial charge in [0.05, 0.1) is 11.0 Å². The molecular weight excluding hydrogens is 328 g/mol. The summed E-state index contributed by atoms with van der Waals surface area (Å²) in [5.74, 6) is -0.0153. The van der Waals surface area contributed by atoms with Gasteiger partial charge >= 0.3 is 0 Å². The van der Waals surface area contributed by atoms with Gasteiger partial charge in [-0.15, -0.1) is 0 Å². The van der Waals surface area contributed by atoms with E-state index in [1.54, 1.807) is 30.2 Å². The number of sulfonamides is 1. The van der Waals surface area contributed by atoms with E-state index in [2.05, 4.69) is 0 Å². The van der Waals surface area contributed by atoms with Crippen molar-refractivity contribution in [1.29, 1.82) is 0 Å². The molecule has 2 heterocycles. The van der Waals surface area contributed by atoms with Crippen molar-refractivity contribution in [3.05, 3.63) is 23.8 Å². The number of ether oxygens (including phenoxy) is 1. The molecule has 2 aliphatic heterocycles. The van der Waals surface area contributed by atoms with Crippen LogP contribution in [-0.4, -0.2) is 51.0 Å². The summed E-state index contributed by atoms with van der Waals surface area (Å²) in [6.07, 6.45) is 2.26. The topological polar surface area (TPSA) is 66.9 Å². The first-order chi connectivity index (χ1) is 11.3. The molecule has 0 N–H and O–H groups in total. The molecule has 6 nitrogen and oxygen atoms in total. The van der Waals surface area contributed by atoms with E-state index < -0.39 is 10.0 Å². The Morgan fingerprint density at radius 2 is 1.92 bits per heavy atom. The van der Waals surface area contributed by atoms with Crippen LogP contribution in [0, 0.1) is 0 Å². The second-order valence-corrected chi connectivity index (χ2v) is 8.51. The van der Waals surface area contributed by atoms with E-state index in [4.69, 9.17) is 4.74 Å². The predicted octanol–water partition coefficient (Wildman–Crippen LogP) is 1.78. The highest BCUT2D eigenvalue weighted by atomic mass is 32.2. The Bertz CT molecular complexity index is 739. The van der Waals surface area contributed by atoms with Crippen LogP contribution in [-0.2, 0) is 26.0 Å². The largest absolute Gasteiger partial charge is 0.381 e. The second-order valence-electron chi connectivity index (χ2n) is 6.57. The van der Waals surface area contributed by atoms with Crippen molar-refractivity contribution < 1.29 is 17.9 Å². The van der Waals surface area contributed by atoms with Crippen LogP contribution in [0.15, 0.2) is 23.1 Å². The quantitative estimate of drug-likeness (QED) is 0.832. The highest BCUT2D eigenvalue weighted by Gasteiger charge is 2.33. The third kappa shape index (κ3) is 2.96. The molecule has 1 saturated heterocycles. The van der Waals surface area contributed by atoms with E-state index in [1.807, 2.05) is 6.92 Å². The fraction of sp³-hybridized carbons (Fsp3) is 0.588. The number of anilines is 1. The molecule has 3 rings (SSSR count). The molecule has 0 saturated carbocycles. The van der Waals surface area contributed by atoms with Crippen molar-refractivity contribution in [2.24, 2.45) is 0 Å². The Labute approximate surface area is 143 Å². The first kappa shape index (κ1) is 17.4. The molecule has 0 aromatic heterocycles. The predicted molar refractivity (Wildman–Crippen MR) is 91.6 cm³/mol. The lowest BCUT2D eigenvalue weighted by Gasteiger charge is -2.30. The number of carbonyl (C=O) groups excluding carboxylic acids is 1. The molecule has 7 heteroatoms. The van der Waals surface area contributed by atoms with Crippen LogP contribution < -0.4 is 4.90 Å². The second kappa shape index (κ2) is 6.46. The molecule has 24 heavy (non-hydrogen) atoms. The smallest absolute Gasteiger partial charge is 0.243 e. The molecule has 132 valence electrons. The number of piperidine rings is 1. The van der Waals surface area contributed by atoms with Crippen molar-refractivity contribution in [1.82, 2.24) is 4.31 Å². The Kier molecular flexibility index (Phi) is 4.68. The highest BCUT2D eigenvalue weighted by Crippen LogP contribution is 2.34. The molecule has 1 fully saturated rings. The summed E-state index contributed by atoms with van der Waals surface area (Å²) in [5.41, 5.74) is 1.75. The maximum absolute atomic E-state index is 12.9. The number of hydrogen-bond acceptors (Lipinski definition) is 4. The molecule has 0 radical (unpaired) electrons. The highest BCUT2D eigenvalue weighted by molar-refractivity contribution is 7.89. The van der Waals surface area contributed by atoms with E-state index in [0.717, 1.165) is 24.1 Å². The molecule has 0 bridgehead atoms. The zero-order valence-electron chi connectivity index (χ0n) is 14.4. The Balaban J connectivity index is 1.86. The minimum Gasteiger partial charge on any atom is -0.381 e. The summed E-state index contributed by atoms with van der Waals surface area (Å²) in [6.45, 7) is 4.48. The SMILES string of the molecule is COC1CCN(S(=O)(=O)c2ccc3c(c2)CC(C)N3C(C)=O)CC1. The monoisotopic (exact) mass is 352 g/mol. The molecule has 1 aromatic rings. The summed E-state index contributed by atoms with van der Waals surface area (Å²) >= 11 is 0. The van der Waals surface area contributed by atoms with Crippen LogP contribution in [0.3, 0.4) is 0 Å². The number of methoxy groups -OCH3 is 1. The molecular formula is C17H24N2O4S. The van der Waals surface area contributed by atoms with E-state index in [1.165, 1.54) is 11.2 Å². The number of nitrogens with zero attached hydrogens (tertiary/aromatic N) is 2. The number of rotatable bonds is 3. The maximum atomic E-state index is 12.9. The van der Waals surface area contributed by atoms with Crippen LogP contribution in [0.25, 0.3) is 0 Å². The van der Waals surface area contributed by atoms with Gasteiger partial charge in [-0.1, -0.05) is 0 Å². The van der Waals surface area contributed by atoms with Gasteiger partial charge in [-0.3, -0.25) is 4.79 Å². The van der Waals surface area contributed by atoms with Gasteiger partial charge in [-0.25, -0.2) is 8.42 Å². The average Bonchev–Trinajstić information content (AvgIpc) is 2.89. The summed E-state index contributed by atoms with van der Waals surface area (Å²) < 4.78 is 32.6. The van der Waals surface area contributed by atoms with E-state index >= 15 is 0 Å². The molecule has 1 unspecified atom stereocenters. The molecule has 0 spiro atoms. The Hall–Kier alpha value is -1.44. The van der Waals surface area contributed by atoms with Gasteiger partial charge in [0.1, 0.15) is 0 Å². The minimum absolute atomic E-state index is 0.0153. The van der Waals surface area contributed by atoms with Crippen LogP contribution in [0.1, 0.15) is 32.3 Å². The number of benzene rings is 1. The van der Waals surface area contributed by atoms with Gasteiger partial charge < -0.3 is 9.64 Å². The van der Waals surface area contributed by atoms with Gasteiger partial charge in [0.25, 0.3) is 0 Å². The zero-order chi connectivity index (χ0) is 17.5. The lowest BCUT2D eigenvalue weighted by molar-refractivity contribution is -0.116. The first-order valence-corrected chi connectivity index (χ1v) is 9.74.